The molecule has 122 valence electrons. The first kappa shape index (κ1) is 15.3. The quantitative estimate of drug-likeness (QED) is 0.796. The molecule has 1 aliphatic heterocycles. The predicted octanol–water partition coefficient (Wildman–Crippen LogP) is 3.36. The first-order valence-corrected chi connectivity index (χ1v) is 8.87. The molecular formula is C19H19N3OS. The summed E-state index contributed by atoms with van der Waals surface area (Å²) in [6.07, 6.45) is 6.23. The third-order valence-corrected chi connectivity index (χ3v) is 5.87. The molecule has 1 N–H and O–H groups in total. The Balaban J connectivity index is 1.60. The normalized spacial score (nSPS) is 16.5. The van der Waals surface area contributed by atoms with Crippen molar-refractivity contribution >= 4 is 16.5 Å². The fourth-order valence-corrected chi connectivity index (χ4v) is 4.10. The third-order valence-electron chi connectivity index (χ3n) is 4.60. The number of hydrogen-bond donors (Lipinski definition) is 1. The van der Waals surface area contributed by atoms with Crippen molar-refractivity contribution in [3.05, 3.63) is 76.6 Å². The van der Waals surface area contributed by atoms with Crippen LogP contribution in [0.2, 0.25) is 0 Å². The lowest BCUT2D eigenvalue weighted by Gasteiger charge is -2.28. The summed E-state index contributed by atoms with van der Waals surface area (Å²) in [6, 6.07) is 12.3. The number of nitrogens with zero attached hydrogens (tertiary/aromatic N) is 3. The summed E-state index contributed by atoms with van der Waals surface area (Å²) in [5.41, 5.74) is 2.49. The van der Waals surface area contributed by atoms with E-state index >= 15 is 0 Å². The van der Waals surface area contributed by atoms with E-state index in [4.69, 9.17) is 0 Å². The molecule has 2 aromatic heterocycles. The van der Waals surface area contributed by atoms with Gasteiger partial charge in [0.1, 0.15) is 5.60 Å². The van der Waals surface area contributed by atoms with Gasteiger partial charge in [0.25, 0.3) is 0 Å². The highest BCUT2D eigenvalue weighted by molar-refractivity contribution is 7.15. The highest BCUT2D eigenvalue weighted by Gasteiger charge is 2.29. The van der Waals surface area contributed by atoms with Crippen LogP contribution in [0.1, 0.15) is 28.5 Å². The maximum Gasteiger partial charge on any atom is 0.185 e. The Morgan fingerprint density at radius 2 is 1.96 bits per heavy atom. The van der Waals surface area contributed by atoms with Gasteiger partial charge in [0.15, 0.2) is 5.13 Å². The second kappa shape index (κ2) is 6.00. The van der Waals surface area contributed by atoms with Crippen LogP contribution in [0.4, 0.5) is 5.13 Å². The van der Waals surface area contributed by atoms with Crippen LogP contribution in [-0.2, 0) is 18.6 Å². The minimum absolute atomic E-state index is 0.782. The Labute approximate surface area is 145 Å². The number of thiazole rings is 1. The molecule has 0 spiro atoms. The van der Waals surface area contributed by atoms with E-state index in [2.05, 4.69) is 39.1 Å². The van der Waals surface area contributed by atoms with E-state index in [9.17, 15) is 5.11 Å². The first-order valence-electron chi connectivity index (χ1n) is 8.05. The molecule has 0 saturated heterocycles. The zero-order valence-electron chi connectivity index (χ0n) is 13.5. The zero-order valence-corrected chi connectivity index (χ0v) is 14.3. The largest absolute Gasteiger partial charge is 0.380 e. The van der Waals surface area contributed by atoms with Crippen LogP contribution in [0.3, 0.4) is 0 Å². The second-order valence-electron chi connectivity index (χ2n) is 6.26. The average Bonchev–Trinajstić information content (AvgIpc) is 3.13. The summed E-state index contributed by atoms with van der Waals surface area (Å²) < 4.78 is 0. The maximum absolute atomic E-state index is 10.9. The smallest absolute Gasteiger partial charge is 0.185 e. The Hall–Kier alpha value is -2.24. The summed E-state index contributed by atoms with van der Waals surface area (Å²) in [5.74, 6) is 0. The molecule has 1 atom stereocenters. The number of rotatable bonds is 3. The fourth-order valence-electron chi connectivity index (χ4n) is 3.09. The fraction of sp³-hybridized carbons (Fsp3) is 0.263. The molecule has 0 bridgehead atoms. The van der Waals surface area contributed by atoms with Crippen molar-refractivity contribution in [2.24, 2.45) is 0 Å². The van der Waals surface area contributed by atoms with Crippen molar-refractivity contribution in [3.63, 3.8) is 0 Å². The molecule has 4 rings (SSSR count). The topological polar surface area (TPSA) is 49.3 Å². The molecule has 0 radical (unpaired) electrons. The highest BCUT2D eigenvalue weighted by Crippen LogP contribution is 2.36. The lowest BCUT2D eigenvalue weighted by Crippen LogP contribution is -2.30. The molecule has 1 unspecified atom stereocenters. The molecule has 3 heterocycles. The highest BCUT2D eigenvalue weighted by atomic mass is 32.1. The molecule has 3 aromatic rings. The number of anilines is 1. The molecule has 4 nitrogen and oxygen atoms in total. The van der Waals surface area contributed by atoms with Gasteiger partial charge in [0.05, 0.1) is 4.88 Å². The van der Waals surface area contributed by atoms with Crippen molar-refractivity contribution in [3.8, 4) is 0 Å². The van der Waals surface area contributed by atoms with Crippen molar-refractivity contribution < 1.29 is 5.11 Å². The standard InChI is InChI=1S/C19H19N3OS/c1-19(23,16-7-4-9-20-11-16)17-12-21-18(24-17)22-10-8-14-5-2-3-6-15(14)13-22/h2-7,9,11-12,23H,8,10,13H2,1H3. The van der Waals surface area contributed by atoms with Gasteiger partial charge < -0.3 is 10.0 Å². The number of benzene rings is 1. The van der Waals surface area contributed by atoms with Gasteiger partial charge in [0.2, 0.25) is 0 Å². The zero-order chi connectivity index (χ0) is 16.6. The van der Waals surface area contributed by atoms with E-state index in [1.54, 1.807) is 36.9 Å². The van der Waals surface area contributed by atoms with Crippen LogP contribution in [0.25, 0.3) is 0 Å². The van der Waals surface area contributed by atoms with Gasteiger partial charge in [-0.05, 0) is 30.5 Å². The lowest BCUT2D eigenvalue weighted by atomic mass is 9.97. The van der Waals surface area contributed by atoms with Crippen LogP contribution in [0.15, 0.2) is 55.0 Å². The molecule has 24 heavy (non-hydrogen) atoms. The summed E-state index contributed by atoms with van der Waals surface area (Å²) >= 11 is 1.55. The van der Waals surface area contributed by atoms with Gasteiger partial charge in [-0.25, -0.2) is 4.98 Å². The molecular weight excluding hydrogens is 318 g/mol. The minimum Gasteiger partial charge on any atom is -0.380 e. The number of aromatic nitrogens is 2. The Morgan fingerprint density at radius 1 is 1.12 bits per heavy atom. The second-order valence-corrected chi connectivity index (χ2v) is 7.27. The van der Waals surface area contributed by atoms with Crippen molar-refractivity contribution in [2.75, 3.05) is 11.4 Å². The van der Waals surface area contributed by atoms with Crippen LogP contribution >= 0.6 is 11.3 Å². The van der Waals surface area contributed by atoms with E-state index in [1.807, 2.05) is 12.1 Å². The molecule has 1 aromatic carbocycles. The van der Waals surface area contributed by atoms with Crippen molar-refractivity contribution in [1.82, 2.24) is 9.97 Å². The molecule has 0 amide bonds. The van der Waals surface area contributed by atoms with Gasteiger partial charge in [-0.2, -0.15) is 0 Å². The lowest BCUT2D eigenvalue weighted by molar-refractivity contribution is 0.106. The molecule has 1 aliphatic rings. The van der Waals surface area contributed by atoms with Crippen LogP contribution in [0.5, 0.6) is 0 Å². The maximum atomic E-state index is 10.9. The van der Waals surface area contributed by atoms with Crippen LogP contribution < -0.4 is 4.90 Å². The number of hydrogen-bond acceptors (Lipinski definition) is 5. The van der Waals surface area contributed by atoms with Gasteiger partial charge in [-0.15, -0.1) is 0 Å². The Bertz CT molecular complexity index is 845. The van der Waals surface area contributed by atoms with E-state index < -0.39 is 5.60 Å². The van der Waals surface area contributed by atoms with Crippen LogP contribution in [-0.4, -0.2) is 21.6 Å². The van der Waals surface area contributed by atoms with Crippen LogP contribution in [0, 0.1) is 0 Å². The summed E-state index contributed by atoms with van der Waals surface area (Å²) in [4.78, 5) is 11.8. The number of aliphatic hydroxyl groups is 1. The Kier molecular flexibility index (Phi) is 3.82. The Morgan fingerprint density at radius 3 is 2.75 bits per heavy atom. The summed E-state index contributed by atoms with van der Waals surface area (Å²) in [6.45, 7) is 3.63. The van der Waals surface area contributed by atoms with Gasteiger partial charge >= 0.3 is 0 Å². The molecule has 0 saturated carbocycles. The first-order chi connectivity index (χ1) is 11.6. The summed E-state index contributed by atoms with van der Waals surface area (Å²) in [5, 5.41) is 11.9. The third kappa shape index (κ3) is 2.70. The monoisotopic (exact) mass is 337 g/mol. The number of fused-ring (bicyclic) bond motifs is 1. The molecule has 0 fully saturated rings. The van der Waals surface area contributed by atoms with Crippen molar-refractivity contribution in [1.29, 1.82) is 0 Å². The predicted molar refractivity (Wildman–Crippen MR) is 96.2 cm³/mol. The molecule has 5 heteroatoms. The van der Waals surface area contributed by atoms with E-state index in [1.165, 1.54) is 11.1 Å². The SMILES string of the molecule is CC(O)(c1cccnc1)c1cnc(N2CCc3ccccc3C2)s1. The minimum atomic E-state index is -1.07. The number of pyridine rings is 1. The van der Waals surface area contributed by atoms with Gasteiger partial charge in [-0.1, -0.05) is 41.7 Å². The molecule has 0 aliphatic carbocycles. The summed E-state index contributed by atoms with van der Waals surface area (Å²) in [7, 11) is 0. The van der Waals surface area contributed by atoms with Crippen molar-refractivity contribution in [2.45, 2.75) is 25.5 Å². The average molecular weight is 337 g/mol. The van der Waals surface area contributed by atoms with E-state index in [-0.39, 0.29) is 0 Å². The van der Waals surface area contributed by atoms with E-state index in [0.717, 1.165) is 35.1 Å². The van der Waals surface area contributed by atoms with E-state index in [0.29, 0.717) is 0 Å². The van der Waals surface area contributed by atoms with Gasteiger partial charge in [-0.3, -0.25) is 4.98 Å². The van der Waals surface area contributed by atoms with Gasteiger partial charge in [0, 0.05) is 37.2 Å².